The maximum atomic E-state index is 11.7. The van der Waals surface area contributed by atoms with Crippen LogP contribution in [0.4, 0.5) is 16.2 Å². The summed E-state index contributed by atoms with van der Waals surface area (Å²) in [6.07, 6.45) is 1.49. The molecule has 0 bridgehead atoms. The summed E-state index contributed by atoms with van der Waals surface area (Å²) in [4.78, 5) is 18.8. The van der Waals surface area contributed by atoms with Gasteiger partial charge in [-0.05, 0) is 30.7 Å². The Kier molecular flexibility index (Phi) is 5.83. The molecule has 4 rings (SSSR count). The van der Waals surface area contributed by atoms with Crippen LogP contribution in [0.3, 0.4) is 0 Å². The number of unbranched alkanes of at least 4 members (excludes halogenated alkanes) is 1. The van der Waals surface area contributed by atoms with Crippen LogP contribution in [0.15, 0.2) is 57.6 Å². The fourth-order valence-electron chi connectivity index (χ4n) is 2.83. The van der Waals surface area contributed by atoms with Crippen molar-refractivity contribution in [2.75, 3.05) is 11.9 Å². The first-order chi connectivity index (χ1) is 13.7. The number of hydrogen-bond donors (Lipinski definition) is 2. The van der Waals surface area contributed by atoms with Gasteiger partial charge in [0.1, 0.15) is 5.01 Å². The van der Waals surface area contributed by atoms with E-state index in [-0.39, 0.29) is 6.09 Å². The second-order valence-electron chi connectivity index (χ2n) is 6.40. The molecule has 0 aliphatic carbocycles. The fourth-order valence-corrected chi connectivity index (χ4v) is 4.54. The number of para-hydroxylation sites is 1. The Bertz CT molecular complexity index is 987. The van der Waals surface area contributed by atoms with Crippen LogP contribution in [0, 0.1) is 0 Å². The Morgan fingerprint density at radius 2 is 2.04 bits per heavy atom. The van der Waals surface area contributed by atoms with Gasteiger partial charge in [-0.3, -0.25) is 0 Å². The first-order valence-corrected chi connectivity index (χ1v) is 11.0. The van der Waals surface area contributed by atoms with Gasteiger partial charge in [-0.25, -0.2) is 9.78 Å². The van der Waals surface area contributed by atoms with Crippen LogP contribution in [-0.4, -0.2) is 17.7 Å². The Labute approximate surface area is 172 Å². The number of nitrogens with one attached hydrogen (secondary N) is 2. The second-order valence-corrected chi connectivity index (χ2v) is 8.43. The molecule has 1 amide bonds. The molecule has 0 radical (unpaired) electrons. The summed E-state index contributed by atoms with van der Waals surface area (Å²) in [5.41, 5.74) is 4.18. The van der Waals surface area contributed by atoms with E-state index in [1.54, 1.807) is 11.8 Å². The molecule has 0 saturated carbocycles. The lowest BCUT2D eigenvalue weighted by molar-refractivity contribution is 0.144. The number of thiazole rings is 1. The minimum Gasteiger partial charge on any atom is -0.450 e. The lowest BCUT2D eigenvalue weighted by Gasteiger charge is -2.21. The van der Waals surface area contributed by atoms with Crippen molar-refractivity contribution >= 4 is 40.6 Å². The molecule has 3 aromatic rings. The molecule has 1 aliphatic heterocycles. The molecule has 1 aliphatic rings. The summed E-state index contributed by atoms with van der Waals surface area (Å²) in [7, 11) is 0. The van der Waals surface area contributed by atoms with Crippen LogP contribution in [0.1, 0.15) is 24.8 Å². The number of alkyl carbamates (subject to hydrolysis) is 1. The molecule has 0 unspecified atom stereocenters. The molecule has 2 N–H and O–H groups in total. The van der Waals surface area contributed by atoms with Crippen LogP contribution < -0.4 is 10.6 Å². The molecule has 7 heteroatoms. The van der Waals surface area contributed by atoms with E-state index in [9.17, 15) is 4.79 Å². The minimum atomic E-state index is -0.390. The summed E-state index contributed by atoms with van der Waals surface area (Å²) in [5.74, 6) is 0. The molecule has 0 spiro atoms. The number of nitrogens with zero attached hydrogens (tertiary/aromatic N) is 1. The number of hydrogen-bond acceptors (Lipinski definition) is 6. The number of aromatic nitrogens is 1. The zero-order valence-corrected chi connectivity index (χ0v) is 17.2. The lowest BCUT2D eigenvalue weighted by Crippen LogP contribution is -2.24. The van der Waals surface area contributed by atoms with Crippen LogP contribution in [0.25, 0.3) is 11.3 Å². The molecule has 0 saturated heterocycles. The van der Waals surface area contributed by atoms with E-state index in [1.807, 2.05) is 11.4 Å². The van der Waals surface area contributed by atoms with Gasteiger partial charge in [0.05, 0.1) is 30.2 Å². The Hall–Kier alpha value is -2.51. The Balaban J connectivity index is 1.41. The average molecular weight is 412 g/mol. The maximum absolute atomic E-state index is 11.7. The van der Waals surface area contributed by atoms with E-state index in [1.165, 1.54) is 21.1 Å². The third kappa shape index (κ3) is 4.31. The van der Waals surface area contributed by atoms with E-state index in [0.29, 0.717) is 13.2 Å². The van der Waals surface area contributed by atoms with Gasteiger partial charge in [0.15, 0.2) is 0 Å². The SMILES string of the molecule is CCCCOC(=O)NCc1nc(-c2ccc3c(c2)Nc2ccccc2S3)cs1. The number of carbonyl (C=O) groups excluding carboxylic acids is 1. The van der Waals surface area contributed by atoms with Crippen molar-refractivity contribution in [3.63, 3.8) is 0 Å². The minimum absolute atomic E-state index is 0.377. The molecule has 5 nitrogen and oxygen atoms in total. The Morgan fingerprint density at radius 1 is 1.18 bits per heavy atom. The highest BCUT2D eigenvalue weighted by atomic mass is 32.2. The standard InChI is InChI=1S/C21H21N3O2S2/c1-2-3-10-26-21(25)22-12-20-24-17(13-27-20)14-8-9-19-16(11-14)23-15-6-4-5-7-18(15)28-19/h4-9,11,13,23H,2-3,10,12H2,1H3,(H,22,25). The smallest absolute Gasteiger partial charge is 0.407 e. The highest BCUT2D eigenvalue weighted by Gasteiger charge is 2.16. The first kappa shape index (κ1) is 18.8. The molecular formula is C21H21N3O2S2. The van der Waals surface area contributed by atoms with Gasteiger partial charge in [0, 0.05) is 20.7 Å². The van der Waals surface area contributed by atoms with Crippen molar-refractivity contribution in [2.45, 2.75) is 36.1 Å². The lowest BCUT2D eigenvalue weighted by atomic mass is 10.1. The van der Waals surface area contributed by atoms with Crippen molar-refractivity contribution in [3.8, 4) is 11.3 Å². The van der Waals surface area contributed by atoms with Crippen molar-refractivity contribution in [3.05, 3.63) is 52.9 Å². The molecule has 2 heterocycles. The van der Waals surface area contributed by atoms with Gasteiger partial charge in [-0.15, -0.1) is 11.3 Å². The van der Waals surface area contributed by atoms with Crippen LogP contribution in [0.2, 0.25) is 0 Å². The number of carbonyl (C=O) groups is 1. The maximum Gasteiger partial charge on any atom is 0.407 e. The monoisotopic (exact) mass is 411 g/mol. The zero-order valence-electron chi connectivity index (χ0n) is 15.5. The molecule has 0 atom stereocenters. The second kappa shape index (κ2) is 8.67. The quantitative estimate of drug-likeness (QED) is 0.379. The van der Waals surface area contributed by atoms with Gasteiger partial charge in [-0.2, -0.15) is 0 Å². The molecule has 0 fully saturated rings. The summed E-state index contributed by atoms with van der Waals surface area (Å²) in [5, 5.41) is 9.13. The summed E-state index contributed by atoms with van der Waals surface area (Å²) >= 11 is 3.30. The molecule has 144 valence electrons. The van der Waals surface area contributed by atoms with Gasteiger partial charge >= 0.3 is 6.09 Å². The summed E-state index contributed by atoms with van der Waals surface area (Å²) in [6.45, 7) is 2.89. The van der Waals surface area contributed by atoms with Crippen LogP contribution in [-0.2, 0) is 11.3 Å². The predicted molar refractivity (Wildman–Crippen MR) is 114 cm³/mol. The largest absolute Gasteiger partial charge is 0.450 e. The third-order valence-corrected chi connectivity index (χ3v) is 6.32. The van der Waals surface area contributed by atoms with E-state index in [4.69, 9.17) is 4.74 Å². The molecular weight excluding hydrogens is 390 g/mol. The average Bonchev–Trinajstić information content (AvgIpc) is 3.19. The normalized spacial score (nSPS) is 11.9. The zero-order chi connectivity index (χ0) is 19.3. The number of anilines is 2. The number of fused-ring (bicyclic) bond motifs is 2. The predicted octanol–water partition coefficient (Wildman–Crippen LogP) is 6.04. The Morgan fingerprint density at radius 3 is 2.93 bits per heavy atom. The van der Waals surface area contributed by atoms with Crippen LogP contribution in [0.5, 0.6) is 0 Å². The van der Waals surface area contributed by atoms with Crippen LogP contribution >= 0.6 is 23.1 Å². The van der Waals surface area contributed by atoms with Gasteiger partial charge in [-0.1, -0.05) is 43.3 Å². The fraction of sp³-hybridized carbons (Fsp3) is 0.238. The summed E-state index contributed by atoms with van der Waals surface area (Å²) in [6, 6.07) is 14.6. The van der Waals surface area contributed by atoms with E-state index in [2.05, 4.69) is 58.9 Å². The van der Waals surface area contributed by atoms with Crippen molar-refractivity contribution in [1.29, 1.82) is 0 Å². The molecule has 1 aromatic heterocycles. The molecule has 28 heavy (non-hydrogen) atoms. The van der Waals surface area contributed by atoms with Gasteiger partial charge in [0.25, 0.3) is 0 Å². The first-order valence-electron chi connectivity index (χ1n) is 9.26. The van der Waals surface area contributed by atoms with E-state index >= 15 is 0 Å². The van der Waals surface area contributed by atoms with Crippen molar-refractivity contribution in [1.82, 2.24) is 10.3 Å². The topological polar surface area (TPSA) is 63.2 Å². The van der Waals surface area contributed by atoms with Crippen molar-refractivity contribution < 1.29 is 9.53 Å². The van der Waals surface area contributed by atoms with Gasteiger partial charge in [0.2, 0.25) is 0 Å². The number of amides is 1. The highest BCUT2D eigenvalue weighted by Crippen LogP contribution is 2.45. The van der Waals surface area contributed by atoms with E-state index in [0.717, 1.165) is 40.5 Å². The van der Waals surface area contributed by atoms with Crippen molar-refractivity contribution in [2.24, 2.45) is 0 Å². The third-order valence-electron chi connectivity index (χ3n) is 4.32. The highest BCUT2D eigenvalue weighted by molar-refractivity contribution is 7.99. The number of benzene rings is 2. The van der Waals surface area contributed by atoms with E-state index < -0.39 is 0 Å². The number of ether oxygens (including phenoxy) is 1. The molecule has 2 aromatic carbocycles. The summed E-state index contributed by atoms with van der Waals surface area (Å²) < 4.78 is 5.10. The van der Waals surface area contributed by atoms with Gasteiger partial charge < -0.3 is 15.4 Å². The number of rotatable bonds is 6.